The monoisotopic (exact) mass is 496 g/mol. The molecule has 0 saturated carbocycles. The number of hydrogen-bond donors (Lipinski definition) is 1. The molecule has 1 fully saturated rings. The fourth-order valence-electron chi connectivity index (χ4n) is 4.30. The molecule has 1 aliphatic heterocycles. The number of rotatable bonds is 7. The summed E-state index contributed by atoms with van der Waals surface area (Å²) < 4.78 is 6.47. The molecule has 7 heteroatoms. The number of aromatic nitrogens is 2. The van der Waals surface area contributed by atoms with Crippen molar-refractivity contribution in [3.8, 4) is 11.4 Å². The molecular formula is C25H29BrN4O2. The normalized spacial score (nSPS) is 16.8. The summed E-state index contributed by atoms with van der Waals surface area (Å²) in [6.45, 7) is 6.41. The maximum absolute atomic E-state index is 13.1. The summed E-state index contributed by atoms with van der Waals surface area (Å²) in [7, 11) is 0. The predicted molar refractivity (Wildman–Crippen MR) is 129 cm³/mol. The molecule has 1 atom stereocenters. The van der Waals surface area contributed by atoms with Crippen molar-refractivity contribution in [2.24, 2.45) is 5.92 Å². The fraction of sp³-hybridized carbons (Fsp3) is 0.400. The van der Waals surface area contributed by atoms with Gasteiger partial charge >= 0.3 is 0 Å². The smallest absolute Gasteiger partial charge is 0.241 e. The van der Waals surface area contributed by atoms with Crippen molar-refractivity contribution in [3.63, 3.8) is 0 Å². The Morgan fingerprint density at radius 1 is 1.19 bits per heavy atom. The largest absolute Gasteiger partial charge is 0.338 e. The van der Waals surface area contributed by atoms with Crippen LogP contribution in [0, 0.1) is 5.92 Å². The van der Waals surface area contributed by atoms with E-state index in [0.29, 0.717) is 24.8 Å². The minimum atomic E-state index is -0.0501. The summed E-state index contributed by atoms with van der Waals surface area (Å²) in [5.41, 5.74) is 4.29. The number of amides is 1. The first-order valence-corrected chi connectivity index (χ1v) is 12.1. The van der Waals surface area contributed by atoms with Gasteiger partial charge in [-0.2, -0.15) is 4.98 Å². The van der Waals surface area contributed by atoms with Gasteiger partial charge in [-0.3, -0.25) is 9.69 Å². The van der Waals surface area contributed by atoms with Crippen LogP contribution in [0.2, 0.25) is 0 Å². The van der Waals surface area contributed by atoms with E-state index < -0.39 is 0 Å². The summed E-state index contributed by atoms with van der Waals surface area (Å²) in [4.78, 5) is 19.9. The molecule has 3 aromatic rings. The Balaban J connectivity index is 1.40. The number of hydrogen-bond acceptors (Lipinski definition) is 5. The van der Waals surface area contributed by atoms with Gasteiger partial charge in [0, 0.05) is 22.3 Å². The van der Waals surface area contributed by atoms with E-state index in [1.165, 1.54) is 11.1 Å². The first-order valence-electron chi connectivity index (χ1n) is 11.3. The molecule has 32 heavy (non-hydrogen) atoms. The van der Waals surface area contributed by atoms with Crippen LogP contribution >= 0.6 is 15.9 Å². The standard InChI is InChI=1S/C25H29BrN4O2/c1-3-17-8-5-9-18(4-2)23(17)28-25(31)20-11-7-13-30(15-20)16-22-27-24(29-32-22)19-10-6-12-21(26)14-19/h5-6,8-10,12,14,20H,3-4,7,11,13,15-16H2,1-2H3,(H,28,31). The highest BCUT2D eigenvalue weighted by atomic mass is 79.9. The zero-order valence-corrected chi connectivity index (χ0v) is 20.2. The van der Waals surface area contributed by atoms with E-state index in [2.05, 4.69) is 68.3 Å². The predicted octanol–water partition coefficient (Wildman–Crippen LogP) is 5.47. The topological polar surface area (TPSA) is 71.3 Å². The Morgan fingerprint density at radius 3 is 2.66 bits per heavy atom. The number of anilines is 1. The Kier molecular flexibility index (Phi) is 7.37. The Hall–Kier alpha value is -2.51. The number of carbonyl (C=O) groups excluding carboxylic acids is 1. The molecule has 1 aromatic heterocycles. The van der Waals surface area contributed by atoms with Crippen LogP contribution in [-0.4, -0.2) is 34.0 Å². The van der Waals surface area contributed by atoms with Crippen molar-refractivity contribution in [2.45, 2.75) is 46.1 Å². The number of aryl methyl sites for hydroxylation is 2. The number of nitrogens with one attached hydrogen (secondary N) is 1. The average molecular weight is 497 g/mol. The number of piperidine rings is 1. The van der Waals surface area contributed by atoms with Gasteiger partial charge in [0.05, 0.1) is 12.5 Å². The third kappa shape index (κ3) is 5.27. The van der Waals surface area contributed by atoms with Crippen LogP contribution in [0.15, 0.2) is 51.5 Å². The van der Waals surface area contributed by atoms with Crippen molar-refractivity contribution < 1.29 is 9.32 Å². The summed E-state index contributed by atoms with van der Waals surface area (Å²) >= 11 is 3.48. The second-order valence-corrected chi connectivity index (χ2v) is 9.16. The molecule has 2 heterocycles. The number of halogens is 1. The van der Waals surface area contributed by atoms with E-state index in [9.17, 15) is 4.79 Å². The van der Waals surface area contributed by atoms with Gasteiger partial charge in [0.2, 0.25) is 17.6 Å². The Bertz CT molecular complexity index is 1060. The van der Waals surface area contributed by atoms with Gasteiger partial charge in [-0.15, -0.1) is 0 Å². The van der Waals surface area contributed by atoms with Gasteiger partial charge < -0.3 is 9.84 Å². The summed E-state index contributed by atoms with van der Waals surface area (Å²) in [5, 5.41) is 7.37. The number of para-hydroxylation sites is 1. The van der Waals surface area contributed by atoms with Crippen LogP contribution in [0.5, 0.6) is 0 Å². The van der Waals surface area contributed by atoms with Gasteiger partial charge in [-0.25, -0.2) is 0 Å². The highest BCUT2D eigenvalue weighted by Gasteiger charge is 2.27. The third-order valence-electron chi connectivity index (χ3n) is 6.03. The molecule has 1 aliphatic rings. The summed E-state index contributed by atoms with van der Waals surface area (Å²) in [6, 6.07) is 14.1. The number of carbonyl (C=O) groups is 1. The van der Waals surface area contributed by atoms with Crippen LogP contribution in [0.25, 0.3) is 11.4 Å². The molecular weight excluding hydrogens is 468 g/mol. The van der Waals surface area contributed by atoms with E-state index in [1.54, 1.807) is 0 Å². The molecule has 1 unspecified atom stereocenters. The second kappa shape index (κ2) is 10.4. The molecule has 0 radical (unpaired) electrons. The lowest BCUT2D eigenvalue weighted by molar-refractivity contribution is -0.121. The molecule has 0 aliphatic carbocycles. The maximum atomic E-state index is 13.1. The van der Waals surface area contributed by atoms with Gasteiger partial charge in [-0.05, 0) is 55.5 Å². The quantitative estimate of drug-likeness (QED) is 0.469. The van der Waals surface area contributed by atoms with Gasteiger partial charge in [0.1, 0.15) is 0 Å². The molecule has 4 rings (SSSR count). The van der Waals surface area contributed by atoms with E-state index in [-0.39, 0.29) is 11.8 Å². The Labute approximate surface area is 197 Å². The van der Waals surface area contributed by atoms with Crippen LogP contribution in [0.4, 0.5) is 5.69 Å². The first kappa shape index (κ1) is 22.7. The maximum Gasteiger partial charge on any atom is 0.241 e. The van der Waals surface area contributed by atoms with Crippen molar-refractivity contribution in [3.05, 3.63) is 64.0 Å². The zero-order chi connectivity index (χ0) is 22.5. The van der Waals surface area contributed by atoms with Crippen LogP contribution in [0.1, 0.15) is 43.7 Å². The molecule has 1 N–H and O–H groups in total. The minimum absolute atomic E-state index is 0.0501. The molecule has 0 spiro atoms. The summed E-state index contributed by atoms with van der Waals surface area (Å²) in [6.07, 6.45) is 3.67. The number of likely N-dealkylation sites (tertiary alicyclic amines) is 1. The zero-order valence-electron chi connectivity index (χ0n) is 18.6. The number of benzene rings is 2. The lowest BCUT2D eigenvalue weighted by atomic mass is 9.96. The van der Waals surface area contributed by atoms with Crippen LogP contribution in [0.3, 0.4) is 0 Å². The fourth-order valence-corrected chi connectivity index (χ4v) is 4.70. The molecule has 0 bridgehead atoms. The average Bonchev–Trinajstić information content (AvgIpc) is 3.28. The van der Waals surface area contributed by atoms with Gasteiger partial charge in [0.25, 0.3) is 0 Å². The molecule has 6 nitrogen and oxygen atoms in total. The van der Waals surface area contributed by atoms with Crippen molar-refractivity contribution >= 4 is 27.5 Å². The van der Waals surface area contributed by atoms with Crippen LogP contribution < -0.4 is 5.32 Å². The molecule has 2 aromatic carbocycles. The highest BCUT2D eigenvalue weighted by Crippen LogP contribution is 2.26. The van der Waals surface area contributed by atoms with Crippen molar-refractivity contribution in [1.82, 2.24) is 15.0 Å². The Morgan fingerprint density at radius 2 is 1.94 bits per heavy atom. The lowest BCUT2D eigenvalue weighted by Crippen LogP contribution is -2.40. The highest BCUT2D eigenvalue weighted by molar-refractivity contribution is 9.10. The van der Waals surface area contributed by atoms with Crippen molar-refractivity contribution in [2.75, 3.05) is 18.4 Å². The van der Waals surface area contributed by atoms with Crippen LogP contribution in [-0.2, 0) is 24.2 Å². The third-order valence-corrected chi connectivity index (χ3v) is 6.53. The second-order valence-electron chi connectivity index (χ2n) is 8.24. The minimum Gasteiger partial charge on any atom is -0.338 e. The van der Waals surface area contributed by atoms with Gasteiger partial charge in [-0.1, -0.05) is 65.3 Å². The number of nitrogens with zero attached hydrogens (tertiary/aromatic N) is 3. The van der Waals surface area contributed by atoms with E-state index >= 15 is 0 Å². The van der Waals surface area contributed by atoms with Crippen molar-refractivity contribution in [1.29, 1.82) is 0 Å². The molecule has 1 amide bonds. The summed E-state index contributed by atoms with van der Waals surface area (Å²) in [5.74, 6) is 1.21. The van der Waals surface area contributed by atoms with E-state index in [1.807, 2.05) is 24.3 Å². The lowest BCUT2D eigenvalue weighted by Gasteiger charge is -2.31. The van der Waals surface area contributed by atoms with E-state index in [4.69, 9.17) is 4.52 Å². The molecule has 168 valence electrons. The SMILES string of the molecule is CCc1cccc(CC)c1NC(=O)C1CCCN(Cc2nc(-c3cccc(Br)c3)no2)C1. The van der Waals surface area contributed by atoms with Gasteiger partial charge in [0.15, 0.2) is 0 Å². The molecule has 1 saturated heterocycles. The van der Waals surface area contributed by atoms with E-state index in [0.717, 1.165) is 48.0 Å². The first-order chi connectivity index (χ1) is 15.6.